The Kier molecular flexibility index (Phi) is 6.58. The average Bonchev–Trinajstić information content (AvgIpc) is 2.97. The molecule has 2 heterocycles. The van der Waals surface area contributed by atoms with E-state index in [9.17, 15) is 8.42 Å². The van der Waals surface area contributed by atoms with Gasteiger partial charge in [-0.25, -0.2) is 13.4 Å². The standard InChI is InChI=1S/C15H28N4O3S/c1-4-17-6-8-18(9-7-17)13-14-12-16-15(23(20,21)5-2)19(14)10-11-22-3/h12H,4-11,13H2,1-3H3. The Hall–Kier alpha value is -0.960. The lowest BCUT2D eigenvalue weighted by molar-refractivity contribution is 0.128. The number of aromatic nitrogens is 2. The smallest absolute Gasteiger partial charge is 0.227 e. The van der Waals surface area contributed by atoms with Gasteiger partial charge in [-0.2, -0.15) is 0 Å². The predicted octanol–water partition coefficient (Wildman–Crippen LogP) is 0.461. The molecule has 1 fully saturated rings. The van der Waals surface area contributed by atoms with Gasteiger partial charge in [0.2, 0.25) is 15.0 Å². The van der Waals surface area contributed by atoms with Gasteiger partial charge >= 0.3 is 0 Å². The van der Waals surface area contributed by atoms with Crippen LogP contribution in [0, 0.1) is 0 Å². The van der Waals surface area contributed by atoms with E-state index < -0.39 is 9.84 Å². The molecule has 0 atom stereocenters. The molecule has 0 unspecified atom stereocenters. The zero-order valence-corrected chi connectivity index (χ0v) is 15.2. The lowest BCUT2D eigenvalue weighted by Gasteiger charge is -2.34. The zero-order chi connectivity index (χ0) is 16.9. The van der Waals surface area contributed by atoms with E-state index in [1.807, 2.05) is 0 Å². The molecule has 0 N–H and O–H groups in total. The van der Waals surface area contributed by atoms with Crippen molar-refractivity contribution in [1.29, 1.82) is 0 Å². The van der Waals surface area contributed by atoms with E-state index in [1.165, 1.54) is 0 Å². The number of nitrogens with zero attached hydrogens (tertiary/aromatic N) is 4. The first-order chi connectivity index (χ1) is 11.0. The summed E-state index contributed by atoms with van der Waals surface area (Å²) >= 11 is 0. The van der Waals surface area contributed by atoms with E-state index in [0.717, 1.165) is 45.0 Å². The second-order valence-corrected chi connectivity index (χ2v) is 7.96. The molecule has 0 bridgehead atoms. The van der Waals surface area contributed by atoms with Crippen LogP contribution in [0.2, 0.25) is 0 Å². The van der Waals surface area contributed by atoms with Gasteiger partial charge in [-0.05, 0) is 6.54 Å². The molecule has 1 aliphatic rings. The van der Waals surface area contributed by atoms with Crippen molar-refractivity contribution in [2.24, 2.45) is 0 Å². The molecule has 0 aliphatic carbocycles. The number of methoxy groups -OCH3 is 1. The molecule has 1 aromatic heterocycles. The van der Waals surface area contributed by atoms with Crippen LogP contribution in [-0.4, -0.2) is 80.0 Å². The summed E-state index contributed by atoms with van der Waals surface area (Å²) in [5, 5.41) is 0.166. The molecule has 1 aliphatic heterocycles. The van der Waals surface area contributed by atoms with Gasteiger partial charge in [0, 0.05) is 46.4 Å². The third-order valence-corrected chi connectivity index (χ3v) is 6.02. The van der Waals surface area contributed by atoms with Gasteiger partial charge in [-0.1, -0.05) is 13.8 Å². The van der Waals surface area contributed by atoms with Crippen molar-refractivity contribution < 1.29 is 13.2 Å². The largest absolute Gasteiger partial charge is 0.383 e. The molecule has 0 radical (unpaired) electrons. The van der Waals surface area contributed by atoms with Gasteiger partial charge in [-0.15, -0.1) is 0 Å². The maximum atomic E-state index is 12.2. The highest BCUT2D eigenvalue weighted by molar-refractivity contribution is 7.91. The fourth-order valence-corrected chi connectivity index (χ4v) is 3.83. The fraction of sp³-hybridized carbons (Fsp3) is 0.800. The van der Waals surface area contributed by atoms with Gasteiger partial charge in [-0.3, -0.25) is 4.90 Å². The molecule has 132 valence electrons. The molecular weight excluding hydrogens is 316 g/mol. The Morgan fingerprint density at radius 1 is 1.17 bits per heavy atom. The van der Waals surface area contributed by atoms with Gasteiger partial charge in [0.15, 0.2) is 0 Å². The van der Waals surface area contributed by atoms with Crippen LogP contribution in [0.25, 0.3) is 0 Å². The molecule has 0 aromatic carbocycles. The molecule has 0 amide bonds. The lowest BCUT2D eigenvalue weighted by atomic mass is 10.3. The van der Waals surface area contributed by atoms with E-state index in [2.05, 4.69) is 21.7 Å². The zero-order valence-electron chi connectivity index (χ0n) is 14.4. The first kappa shape index (κ1) is 18.4. The highest BCUT2D eigenvalue weighted by Crippen LogP contribution is 2.16. The van der Waals surface area contributed by atoms with Crippen molar-refractivity contribution in [3.8, 4) is 0 Å². The normalized spacial score (nSPS) is 17.7. The second kappa shape index (κ2) is 8.23. The number of ether oxygens (including phenoxy) is 1. The van der Waals surface area contributed by atoms with E-state index in [1.54, 1.807) is 24.8 Å². The molecule has 0 spiro atoms. The van der Waals surface area contributed by atoms with E-state index in [4.69, 9.17) is 4.74 Å². The van der Waals surface area contributed by atoms with Gasteiger partial charge in [0.05, 0.1) is 24.3 Å². The number of sulfone groups is 1. The van der Waals surface area contributed by atoms with Crippen molar-refractivity contribution in [3.05, 3.63) is 11.9 Å². The summed E-state index contributed by atoms with van der Waals surface area (Å²) in [6, 6.07) is 0. The predicted molar refractivity (Wildman–Crippen MR) is 89.2 cm³/mol. The third-order valence-electron chi connectivity index (χ3n) is 4.38. The maximum Gasteiger partial charge on any atom is 0.227 e. The van der Waals surface area contributed by atoms with Gasteiger partial charge in [0.1, 0.15) is 0 Å². The number of rotatable bonds is 8. The molecule has 1 aromatic rings. The average molecular weight is 344 g/mol. The van der Waals surface area contributed by atoms with Gasteiger partial charge < -0.3 is 14.2 Å². The summed E-state index contributed by atoms with van der Waals surface area (Å²) in [6.45, 7) is 10.7. The summed E-state index contributed by atoms with van der Waals surface area (Å²) in [5.74, 6) is 0.0611. The van der Waals surface area contributed by atoms with Crippen LogP contribution in [0.1, 0.15) is 19.5 Å². The van der Waals surface area contributed by atoms with Crippen molar-refractivity contribution >= 4 is 9.84 Å². The molecule has 0 saturated carbocycles. The Bertz CT molecular complexity index is 592. The highest BCUT2D eigenvalue weighted by atomic mass is 32.2. The molecule has 1 saturated heterocycles. The Balaban J connectivity index is 2.15. The van der Waals surface area contributed by atoms with Crippen molar-refractivity contribution in [1.82, 2.24) is 19.4 Å². The minimum atomic E-state index is -3.32. The van der Waals surface area contributed by atoms with Crippen LogP contribution in [0.4, 0.5) is 0 Å². The fourth-order valence-electron chi connectivity index (χ4n) is 2.81. The summed E-state index contributed by atoms with van der Waals surface area (Å²) in [6.07, 6.45) is 1.70. The molecule has 2 rings (SSSR count). The topological polar surface area (TPSA) is 67.7 Å². The SMILES string of the molecule is CCN1CCN(Cc2cnc(S(=O)(=O)CC)n2CCOC)CC1. The Labute approximate surface area is 139 Å². The Morgan fingerprint density at radius 3 is 2.39 bits per heavy atom. The van der Waals surface area contributed by atoms with Crippen molar-refractivity contribution in [2.45, 2.75) is 32.1 Å². The number of imidazole rings is 1. The van der Waals surface area contributed by atoms with Crippen LogP contribution in [0.5, 0.6) is 0 Å². The molecular formula is C15H28N4O3S. The van der Waals surface area contributed by atoms with Crippen LogP contribution < -0.4 is 0 Å². The van der Waals surface area contributed by atoms with Crippen LogP contribution in [-0.2, 0) is 27.7 Å². The van der Waals surface area contributed by atoms with E-state index in [0.29, 0.717) is 13.2 Å². The minimum Gasteiger partial charge on any atom is -0.383 e. The first-order valence-electron chi connectivity index (χ1n) is 8.22. The summed E-state index contributed by atoms with van der Waals surface area (Å²) < 4.78 is 31.4. The summed E-state index contributed by atoms with van der Waals surface area (Å²) in [4.78, 5) is 8.97. The third kappa shape index (κ3) is 4.53. The minimum absolute atomic E-state index is 0.0611. The summed E-state index contributed by atoms with van der Waals surface area (Å²) in [7, 11) is -1.70. The number of likely N-dealkylation sites (N-methyl/N-ethyl adjacent to an activating group) is 1. The number of hydrogen-bond donors (Lipinski definition) is 0. The second-order valence-electron chi connectivity index (χ2n) is 5.79. The van der Waals surface area contributed by atoms with E-state index in [-0.39, 0.29) is 10.9 Å². The molecule has 7 nitrogen and oxygen atoms in total. The number of hydrogen-bond acceptors (Lipinski definition) is 6. The number of piperazine rings is 1. The summed E-state index contributed by atoms with van der Waals surface area (Å²) in [5.41, 5.74) is 0.944. The first-order valence-corrected chi connectivity index (χ1v) is 9.87. The lowest BCUT2D eigenvalue weighted by Crippen LogP contribution is -2.45. The van der Waals surface area contributed by atoms with Crippen molar-refractivity contribution in [2.75, 3.05) is 52.2 Å². The van der Waals surface area contributed by atoms with Crippen LogP contribution in [0.3, 0.4) is 0 Å². The monoisotopic (exact) mass is 344 g/mol. The maximum absolute atomic E-state index is 12.2. The van der Waals surface area contributed by atoms with E-state index >= 15 is 0 Å². The Morgan fingerprint density at radius 2 is 1.83 bits per heavy atom. The quantitative estimate of drug-likeness (QED) is 0.683. The van der Waals surface area contributed by atoms with Crippen LogP contribution >= 0.6 is 0 Å². The van der Waals surface area contributed by atoms with Crippen molar-refractivity contribution in [3.63, 3.8) is 0 Å². The molecule has 8 heteroatoms. The highest BCUT2D eigenvalue weighted by Gasteiger charge is 2.23. The van der Waals surface area contributed by atoms with Crippen LogP contribution in [0.15, 0.2) is 11.4 Å². The van der Waals surface area contributed by atoms with Gasteiger partial charge in [0.25, 0.3) is 0 Å². The molecule has 23 heavy (non-hydrogen) atoms.